The maximum Gasteiger partial charge on any atom is 0.169 e. The van der Waals surface area contributed by atoms with Crippen LogP contribution in [0.25, 0.3) is 10.8 Å². The molecule has 1 aromatic heterocycles. The van der Waals surface area contributed by atoms with Crippen LogP contribution in [-0.4, -0.2) is 23.0 Å². The molecule has 4 rings (SSSR count). The average molecular weight is 253 g/mol. The molecule has 0 saturated carbocycles. The second-order valence-electron chi connectivity index (χ2n) is 5.48. The number of pyridine rings is 1. The first-order valence-electron chi connectivity index (χ1n) is 6.85. The van der Waals surface area contributed by atoms with E-state index in [0.717, 1.165) is 35.6 Å². The number of fused-ring (bicyclic) bond motifs is 3. The third-order valence-electron chi connectivity index (χ3n) is 4.39. The number of aromatic nitrogens is 1. The average Bonchev–Trinajstić information content (AvgIpc) is 3.08. The van der Waals surface area contributed by atoms with Crippen molar-refractivity contribution in [2.45, 2.75) is 31.5 Å². The van der Waals surface area contributed by atoms with E-state index in [4.69, 9.17) is 4.74 Å². The highest BCUT2D eigenvalue weighted by atomic mass is 16.5. The third kappa shape index (κ3) is 1.69. The number of Topliss-reactive ketones (excluding diaryl/α,β-unsaturated/α-hetero) is 1. The first-order chi connectivity index (χ1) is 9.33. The van der Waals surface area contributed by atoms with Crippen molar-refractivity contribution in [3.8, 4) is 0 Å². The summed E-state index contributed by atoms with van der Waals surface area (Å²) in [5.74, 6) is 0.273. The molecule has 96 valence electrons. The number of carbonyl (C=O) groups excluding carboxylic acids is 1. The molecule has 3 atom stereocenters. The molecule has 2 bridgehead atoms. The van der Waals surface area contributed by atoms with Gasteiger partial charge in [0.1, 0.15) is 0 Å². The monoisotopic (exact) mass is 253 g/mol. The molecular weight excluding hydrogens is 238 g/mol. The Bertz CT molecular complexity index is 647. The molecule has 3 heteroatoms. The molecule has 2 aliphatic rings. The largest absolute Gasteiger partial charge is 0.374 e. The zero-order chi connectivity index (χ0) is 12.8. The van der Waals surface area contributed by atoms with Gasteiger partial charge in [0.2, 0.25) is 0 Å². The molecule has 0 amide bonds. The van der Waals surface area contributed by atoms with E-state index in [9.17, 15) is 4.79 Å². The normalized spacial score (nSPS) is 28.9. The minimum Gasteiger partial charge on any atom is -0.374 e. The van der Waals surface area contributed by atoms with Gasteiger partial charge in [0.15, 0.2) is 5.78 Å². The fourth-order valence-electron chi connectivity index (χ4n) is 3.44. The highest BCUT2D eigenvalue weighted by Crippen LogP contribution is 2.40. The fourth-order valence-corrected chi connectivity index (χ4v) is 3.44. The standard InChI is InChI=1S/C16H15NO2/c18-16(13-8-11-4-5-15(13)19-11)12-3-1-2-10-6-7-17-9-14(10)12/h1-3,6-7,9,11,13,15H,4-5,8H2. The molecule has 0 spiro atoms. The molecule has 3 nitrogen and oxygen atoms in total. The van der Waals surface area contributed by atoms with Crippen molar-refractivity contribution in [1.29, 1.82) is 0 Å². The lowest BCUT2D eigenvalue weighted by Crippen LogP contribution is -2.25. The Balaban J connectivity index is 1.76. The maximum absolute atomic E-state index is 12.7. The van der Waals surface area contributed by atoms with E-state index in [2.05, 4.69) is 4.98 Å². The fraction of sp³-hybridized carbons (Fsp3) is 0.375. The van der Waals surface area contributed by atoms with Gasteiger partial charge in [-0.15, -0.1) is 0 Å². The minimum absolute atomic E-state index is 0.0459. The van der Waals surface area contributed by atoms with Crippen molar-refractivity contribution in [3.63, 3.8) is 0 Å². The van der Waals surface area contributed by atoms with E-state index in [1.807, 2.05) is 24.3 Å². The second-order valence-corrected chi connectivity index (χ2v) is 5.48. The van der Waals surface area contributed by atoms with Crippen molar-refractivity contribution < 1.29 is 9.53 Å². The van der Waals surface area contributed by atoms with Crippen LogP contribution >= 0.6 is 0 Å². The molecule has 2 saturated heterocycles. The Kier molecular flexibility index (Phi) is 2.42. The minimum atomic E-state index is 0.0459. The van der Waals surface area contributed by atoms with Crippen molar-refractivity contribution in [1.82, 2.24) is 4.98 Å². The smallest absolute Gasteiger partial charge is 0.169 e. The zero-order valence-electron chi connectivity index (χ0n) is 10.6. The number of hydrogen-bond acceptors (Lipinski definition) is 3. The molecule has 19 heavy (non-hydrogen) atoms. The summed E-state index contributed by atoms with van der Waals surface area (Å²) in [6.07, 6.45) is 7.04. The lowest BCUT2D eigenvalue weighted by atomic mass is 9.83. The molecule has 3 unspecified atom stereocenters. The Morgan fingerprint density at radius 1 is 1.26 bits per heavy atom. The maximum atomic E-state index is 12.7. The Morgan fingerprint density at radius 2 is 2.21 bits per heavy atom. The summed E-state index contributed by atoms with van der Waals surface area (Å²) in [7, 11) is 0. The number of nitrogens with zero attached hydrogens (tertiary/aromatic N) is 1. The van der Waals surface area contributed by atoms with Crippen LogP contribution in [0.2, 0.25) is 0 Å². The Labute approximate surface area is 111 Å². The summed E-state index contributed by atoms with van der Waals surface area (Å²) in [5.41, 5.74) is 0.798. The molecule has 2 aliphatic heterocycles. The molecule has 0 radical (unpaired) electrons. The van der Waals surface area contributed by atoms with Crippen LogP contribution in [0.1, 0.15) is 29.6 Å². The molecule has 1 aromatic carbocycles. The van der Waals surface area contributed by atoms with Gasteiger partial charge in [-0.05, 0) is 30.7 Å². The van der Waals surface area contributed by atoms with Crippen molar-refractivity contribution >= 4 is 16.6 Å². The lowest BCUT2D eigenvalue weighted by Gasteiger charge is -2.18. The predicted octanol–water partition coefficient (Wildman–Crippen LogP) is 2.99. The quantitative estimate of drug-likeness (QED) is 0.772. The first-order valence-corrected chi connectivity index (χ1v) is 6.85. The first kappa shape index (κ1) is 11.1. The van der Waals surface area contributed by atoms with Gasteiger partial charge in [0.05, 0.1) is 18.1 Å². The van der Waals surface area contributed by atoms with Gasteiger partial charge in [-0.1, -0.05) is 18.2 Å². The van der Waals surface area contributed by atoms with Crippen LogP contribution in [0.5, 0.6) is 0 Å². The van der Waals surface area contributed by atoms with Crippen LogP contribution in [-0.2, 0) is 4.74 Å². The number of carbonyl (C=O) groups is 1. The summed E-state index contributed by atoms with van der Waals surface area (Å²) in [6.45, 7) is 0. The van der Waals surface area contributed by atoms with Gasteiger partial charge in [0.25, 0.3) is 0 Å². The highest BCUT2D eigenvalue weighted by Gasteiger charge is 2.44. The van der Waals surface area contributed by atoms with Gasteiger partial charge in [0, 0.05) is 23.3 Å². The zero-order valence-corrected chi connectivity index (χ0v) is 10.6. The number of ether oxygens (including phenoxy) is 1. The van der Waals surface area contributed by atoms with Gasteiger partial charge in [-0.3, -0.25) is 9.78 Å². The number of rotatable bonds is 2. The van der Waals surface area contributed by atoms with Gasteiger partial charge in [-0.2, -0.15) is 0 Å². The Hall–Kier alpha value is -1.74. The third-order valence-corrected chi connectivity index (χ3v) is 4.39. The number of hydrogen-bond donors (Lipinski definition) is 0. The molecular formula is C16H15NO2. The van der Waals surface area contributed by atoms with E-state index in [-0.39, 0.29) is 17.8 Å². The molecule has 2 fully saturated rings. The van der Waals surface area contributed by atoms with Crippen LogP contribution in [0.3, 0.4) is 0 Å². The summed E-state index contributed by atoms with van der Waals surface area (Å²) in [6, 6.07) is 7.83. The lowest BCUT2D eigenvalue weighted by molar-refractivity contribution is 0.0744. The van der Waals surface area contributed by atoms with Crippen LogP contribution in [0.4, 0.5) is 0 Å². The SMILES string of the molecule is O=C(c1cccc2ccncc12)C1CC2CCC1O2. The molecule has 0 aliphatic carbocycles. The molecule has 2 aromatic rings. The van der Waals surface area contributed by atoms with Crippen molar-refractivity contribution in [2.75, 3.05) is 0 Å². The van der Waals surface area contributed by atoms with E-state index < -0.39 is 0 Å². The predicted molar refractivity (Wildman–Crippen MR) is 72.1 cm³/mol. The number of benzene rings is 1. The summed E-state index contributed by atoms with van der Waals surface area (Å²) in [5, 5.41) is 2.03. The second kappa shape index (κ2) is 4.14. The topological polar surface area (TPSA) is 39.2 Å². The van der Waals surface area contributed by atoms with Gasteiger partial charge < -0.3 is 4.74 Å². The number of ketones is 1. The van der Waals surface area contributed by atoms with E-state index in [0.29, 0.717) is 6.10 Å². The highest BCUT2D eigenvalue weighted by molar-refractivity contribution is 6.09. The van der Waals surface area contributed by atoms with Gasteiger partial charge >= 0.3 is 0 Å². The van der Waals surface area contributed by atoms with Crippen LogP contribution in [0.15, 0.2) is 36.7 Å². The Morgan fingerprint density at radius 3 is 3.00 bits per heavy atom. The summed E-state index contributed by atoms with van der Waals surface area (Å²) in [4.78, 5) is 16.9. The summed E-state index contributed by atoms with van der Waals surface area (Å²) >= 11 is 0. The van der Waals surface area contributed by atoms with Crippen molar-refractivity contribution in [3.05, 3.63) is 42.2 Å². The van der Waals surface area contributed by atoms with Crippen LogP contribution in [0, 0.1) is 5.92 Å². The van der Waals surface area contributed by atoms with E-state index in [1.54, 1.807) is 12.4 Å². The van der Waals surface area contributed by atoms with Crippen molar-refractivity contribution in [2.24, 2.45) is 5.92 Å². The van der Waals surface area contributed by atoms with E-state index >= 15 is 0 Å². The molecule has 3 heterocycles. The van der Waals surface area contributed by atoms with E-state index in [1.165, 1.54) is 0 Å². The van der Waals surface area contributed by atoms with Gasteiger partial charge in [-0.25, -0.2) is 0 Å². The summed E-state index contributed by atoms with van der Waals surface area (Å²) < 4.78 is 5.80. The van der Waals surface area contributed by atoms with Crippen LogP contribution < -0.4 is 0 Å². The molecule has 0 N–H and O–H groups in total.